The molecule has 6 nitrogen and oxygen atoms in total. The van der Waals surface area contributed by atoms with Gasteiger partial charge in [0.1, 0.15) is 18.8 Å². The molecule has 27 heavy (non-hydrogen) atoms. The number of benzene rings is 2. The van der Waals surface area contributed by atoms with Gasteiger partial charge in [0.2, 0.25) is 13.5 Å². The summed E-state index contributed by atoms with van der Waals surface area (Å²) in [5.74, 6) is 2.36. The average molecular weight is 366 g/mol. The molecule has 0 fully saturated rings. The van der Waals surface area contributed by atoms with Gasteiger partial charge in [-0.2, -0.15) is 0 Å². The number of aryl methyl sites for hydroxylation is 1. The van der Waals surface area contributed by atoms with Crippen LogP contribution in [0.4, 0.5) is 0 Å². The summed E-state index contributed by atoms with van der Waals surface area (Å²) in [6.07, 6.45) is 0. The van der Waals surface area contributed by atoms with Crippen LogP contribution in [0.1, 0.15) is 22.3 Å². The molecule has 0 aliphatic carbocycles. The lowest BCUT2D eigenvalue weighted by Crippen LogP contribution is -3.10. The molecule has 1 unspecified atom stereocenters. The van der Waals surface area contributed by atoms with Gasteiger partial charge in [0.15, 0.2) is 17.1 Å². The Morgan fingerprint density at radius 1 is 0.963 bits per heavy atom. The van der Waals surface area contributed by atoms with Crippen molar-refractivity contribution in [1.82, 2.24) is 0 Å². The summed E-state index contributed by atoms with van der Waals surface area (Å²) in [6, 6.07) is 9.95. The zero-order valence-electron chi connectivity index (χ0n) is 15.3. The number of nitrogens with one attached hydrogen (secondary N) is 1. The molecule has 6 heteroatoms. The summed E-state index contributed by atoms with van der Waals surface area (Å²) in [5.41, 5.74) is 4.08. The first-order chi connectivity index (χ1) is 13.1. The van der Waals surface area contributed by atoms with Gasteiger partial charge in [-0.3, -0.25) is 4.90 Å². The zero-order chi connectivity index (χ0) is 18.5. The quantitative estimate of drug-likeness (QED) is 0.704. The van der Waals surface area contributed by atoms with Crippen LogP contribution in [0, 0.1) is 13.8 Å². The maximum absolute atomic E-state index is 12.2. The van der Waals surface area contributed by atoms with Crippen molar-refractivity contribution < 1.29 is 23.5 Å². The van der Waals surface area contributed by atoms with Crippen LogP contribution >= 0.6 is 0 Å². The highest BCUT2D eigenvalue weighted by molar-refractivity contribution is 5.85. The number of fused-ring (bicyclic) bond motifs is 4. The van der Waals surface area contributed by atoms with Crippen molar-refractivity contribution in [2.75, 3.05) is 13.5 Å². The highest BCUT2D eigenvalue weighted by Crippen LogP contribution is 2.33. The summed E-state index contributed by atoms with van der Waals surface area (Å²) >= 11 is 0. The molecule has 2 aliphatic heterocycles. The van der Waals surface area contributed by atoms with Crippen molar-refractivity contribution in [3.63, 3.8) is 0 Å². The normalized spacial score (nSPS) is 17.6. The molecular formula is C21H20NO5+. The van der Waals surface area contributed by atoms with E-state index in [0.717, 1.165) is 52.4 Å². The Kier molecular flexibility index (Phi) is 3.62. The van der Waals surface area contributed by atoms with Gasteiger partial charge in [-0.1, -0.05) is 0 Å². The minimum Gasteiger partial charge on any atom is -0.454 e. The lowest BCUT2D eigenvalue weighted by molar-refractivity contribution is -0.945. The Bertz CT molecular complexity index is 1120. The highest BCUT2D eigenvalue weighted by Gasteiger charge is 2.26. The van der Waals surface area contributed by atoms with Crippen molar-refractivity contribution in [2.24, 2.45) is 0 Å². The topological polar surface area (TPSA) is 62.3 Å². The van der Waals surface area contributed by atoms with Crippen molar-refractivity contribution in [3.8, 4) is 17.2 Å². The van der Waals surface area contributed by atoms with Gasteiger partial charge in [0.25, 0.3) is 0 Å². The van der Waals surface area contributed by atoms with Crippen LogP contribution in [0.25, 0.3) is 11.0 Å². The maximum atomic E-state index is 12.2. The van der Waals surface area contributed by atoms with E-state index in [0.29, 0.717) is 17.9 Å². The summed E-state index contributed by atoms with van der Waals surface area (Å²) in [4.78, 5) is 13.4. The second kappa shape index (κ2) is 6.03. The molecule has 0 radical (unpaired) electrons. The van der Waals surface area contributed by atoms with Crippen molar-refractivity contribution in [3.05, 3.63) is 63.0 Å². The van der Waals surface area contributed by atoms with Gasteiger partial charge in [0, 0.05) is 16.5 Å². The summed E-state index contributed by atoms with van der Waals surface area (Å²) in [7, 11) is 0. The molecule has 0 spiro atoms. The third-order valence-corrected chi connectivity index (χ3v) is 5.43. The van der Waals surface area contributed by atoms with E-state index >= 15 is 0 Å². The Balaban J connectivity index is 1.49. The van der Waals surface area contributed by atoms with Crippen LogP contribution in [-0.4, -0.2) is 13.5 Å². The average Bonchev–Trinajstić information content (AvgIpc) is 3.14. The molecule has 5 rings (SSSR count). The van der Waals surface area contributed by atoms with Crippen LogP contribution in [0.2, 0.25) is 0 Å². The molecule has 0 amide bonds. The number of hydrogen-bond donors (Lipinski definition) is 1. The van der Waals surface area contributed by atoms with E-state index < -0.39 is 0 Å². The molecule has 2 aliphatic rings. The van der Waals surface area contributed by atoms with E-state index in [1.807, 2.05) is 37.3 Å². The predicted molar refractivity (Wildman–Crippen MR) is 98.4 cm³/mol. The van der Waals surface area contributed by atoms with Crippen molar-refractivity contribution >= 4 is 11.0 Å². The fourth-order valence-electron chi connectivity index (χ4n) is 3.78. The van der Waals surface area contributed by atoms with E-state index in [-0.39, 0.29) is 12.4 Å². The Morgan fingerprint density at radius 3 is 2.67 bits per heavy atom. The molecule has 1 N–H and O–H groups in total. The maximum Gasteiger partial charge on any atom is 0.339 e. The fourth-order valence-corrected chi connectivity index (χ4v) is 3.78. The third-order valence-electron chi connectivity index (χ3n) is 5.43. The second-order valence-corrected chi connectivity index (χ2v) is 7.14. The molecule has 3 aromatic rings. The Hall–Kier alpha value is -2.99. The molecule has 2 aromatic carbocycles. The van der Waals surface area contributed by atoms with Crippen LogP contribution in [0.5, 0.6) is 17.2 Å². The van der Waals surface area contributed by atoms with Gasteiger partial charge in [-0.25, -0.2) is 4.79 Å². The summed E-state index contributed by atoms with van der Waals surface area (Å²) in [5, 5.41) is 0.971. The van der Waals surface area contributed by atoms with Crippen LogP contribution in [0.3, 0.4) is 0 Å². The molecule has 0 bridgehead atoms. The summed E-state index contributed by atoms with van der Waals surface area (Å²) < 4.78 is 22.5. The SMILES string of the molecule is Cc1c(C)c2ccc3c(c2oc1=O)C[NH+](Cc1ccc2c(c1)OCO2)CO3. The van der Waals surface area contributed by atoms with Gasteiger partial charge in [0.05, 0.1) is 5.56 Å². The lowest BCUT2D eigenvalue weighted by Gasteiger charge is -2.26. The molecule has 3 heterocycles. The van der Waals surface area contributed by atoms with Gasteiger partial charge in [-0.05, 0) is 49.7 Å². The summed E-state index contributed by atoms with van der Waals surface area (Å²) in [6.45, 7) is 6.10. The lowest BCUT2D eigenvalue weighted by atomic mass is 10.0. The minimum atomic E-state index is -0.281. The molecule has 138 valence electrons. The van der Waals surface area contributed by atoms with E-state index in [1.54, 1.807) is 6.92 Å². The zero-order valence-corrected chi connectivity index (χ0v) is 15.3. The predicted octanol–water partition coefficient (Wildman–Crippen LogP) is 2.07. The van der Waals surface area contributed by atoms with Crippen LogP contribution < -0.4 is 24.7 Å². The van der Waals surface area contributed by atoms with E-state index in [1.165, 1.54) is 4.90 Å². The van der Waals surface area contributed by atoms with Crippen LogP contribution in [-0.2, 0) is 13.1 Å². The van der Waals surface area contributed by atoms with Gasteiger partial charge < -0.3 is 18.6 Å². The number of ether oxygens (including phenoxy) is 3. The number of hydrogen-bond acceptors (Lipinski definition) is 5. The molecule has 0 saturated carbocycles. The Labute approximate surface area is 155 Å². The van der Waals surface area contributed by atoms with E-state index in [4.69, 9.17) is 18.6 Å². The minimum absolute atomic E-state index is 0.273. The molecule has 1 aromatic heterocycles. The molecular weight excluding hydrogens is 346 g/mol. The van der Waals surface area contributed by atoms with E-state index in [9.17, 15) is 4.79 Å². The molecule has 1 atom stereocenters. The van der Waals surface area contributed by atoms with Gasteiger partial charge in [-0.15, -0.1) is 0 Å². The van der Waals surface area contributed by atoms with Crippen LogP contribution in [0.15, 0.2) is 39.5 Å². The van der Waals surface area contributed by atoms with Crippen molar-refractivity contribution in [2.45, 2.75) is 26.9 Å². The van der Waals surface area contributed by atoms with Gasteiger partial charge >= 0.3 is 5.63 Å². The fraction of sp³-hybridized carbons (Fsp3) is 0.286. The van der Waals surface area contributed by atoms with Crippen molar-refractivity contribution in [1.29, 1.82) is 0 Å². The standard InChI is InChI=1S/C21H19NO5/c1-12-13(2)21(23)27-20-15(12)4-6-17-16(20)9-22(10-24-17)8-14-3-5-18-19(7-14)26-11-25-18/h3-7H,8-11H2,1-2H3/p+1. The first-order valence-corrected chi connectivity index (χ1v) is 9.01. The smallest absolute Gasteiger partial charge is 0.339 e. The highest BCUT2D eigenvalue weighted by atomic mass is 16.7. The largest absolute Gasteiger partial charge is 0.454 e. The second-order valence-electron chi connectivity index (χ2n) is 7.14. The first-order valence-electron chi connectivity index (χ1n) is 9.01. The Morgan fingerprint density at radius 2 is 1.78 bits per heavy atom. The number of rotatable bonds is 2. The third kappa shape index (κ3) is 2.64. The molecule has 0 saturated heterocycles. The number of quaternary nitrogens is 1. The monoisotopic (exact) mass is 366 g/mol. The van der Waals surface area contributed by atoms with E-state index in [2.05, 4.69) is 0 Å². The first kappa shape index (κ1) is 16.2.